The molecule has 1 fully saturated rings. The summed E-state index contributed by atoms with van der Waals surface area (Å²) in [5.41, 5.74) is -0.637. The van der Waals surface area contributed by atoms with Crippen molar-refractivity contribution in [3.63, 3.8) is 0 Å². The Balaban J connectivity index is 2.35. The third-order valence-electron chi connectivity index (χ3n) is 2.20. The van der Waals surface area contributed by atoms with Crippen LogP contribution in [0.4, 0.5) is 0 Å². The lowest BCUT2D eigenvalue weighted by Gasteiger charge is -2.20. The number of carbonyl (C=O) groups is 2. The second-order valence-corrected chi connectivity index (χ2v) is 3.82. The first-order chi connectivity index (χ1) is 6.56. The zero-order valence-electron chi connectivity index (χ0n) is 8.67. The van der Waals surface area contributed by atoms with Gasteiger partial charge in [-0.05, 0) is 19.8 Å². The summed E-state index contributed by atoms with van der Waals surface area (Å²) in [6, 6.07) is 0. The van der Waals surface area contributed by atoms with Crippen LogP contribution in [0.2, 0.25) is 0 Å². The summed E-state index contributed by atoms with van der Waals surface area (Å²) in [5.74, 6) is -0.514. The van der Waals surface area contributed by atoms with Crippen LogP contribution in [-0.4, -0.2) is 24.1 Å². The van der Waals surface area contributed by atoms with Gasteiger partial charge < -0.3 is 9.47 Å². The molecule has 1 unspecified atom stereocenters. The number of ether oxygens (including phenoxy) is 2. The second-order valence-electron chi connectivity index (χ2n) is 3.82. The molecule has 1 atom stereocenters. The summed E-state index contributed by atoms with van der Waals surface area (Å²) in [5, 5.41) is 0. The highest BCUT2D eigenvalue weighted by molar-refractivity contribution is 5.75. The first-order valence-electron chi connectivity index (χ1n) is 4.93. The van der Waals surface area contributed by atoms with E-state index < -0.39 is 5.60 Å². The van der Waals surface area contributed by atoms with Crippen LogP contribution in [0.1, 0.15) is 39.5 Å². The Morgan fingerprint density at radius 3 is 2.86 bits per heavy atom. The largest absolute Gasteiger partial charge is 0.466 e. The Bertz CT molecular complexity index is 236. The van der Waals surface area contributed by atoms with Crippen molar-refractivity contribution < 1.29 is 19.1 Å². The molecule has 1 heterocycles. The van der Waals surface area contributed by atoms with Crippen molar-refractivity contribution in [2.24, 2.45) is 0 Å². The number of rotatable bonds is 4. The van der Waals surface area contributed by atoms with Crippen LogP contribution < -0.4 is 0 Å². The van der Waals surface area contributed by atoms with Gasteiger partial charge in [-0.25, -0.2) is 0 Å². The van der Waals surface area contributed by atoms with Crippen molar-refractivity contribution in [1.82, 2.24) is 0 Å². The van der Waals surface area contributed by atoms with Crippen LogP contribution >= 0.6 is 0 Å². The molecular weight excluding hydrogens is 184 g/mol. The minimum Gasteiger partial charge on any atom is -0.466 e. The molecule has 1 aliphatic heterocycles. The average molecular weight is 200 g/mol. The Kier molecular flexibility index (Phi) is 3.49. The summed E-state index contributed by atoms with van der Waals surface area (Å²) in [6.07, 6.45) is 1.98. The lowest BCUT2D eigenvalue weighted by molar-refractivity contribution is -0.155. The van der Waals surface area contributed by atoms with Crippen LogP contribution in [-0.2, 0) is 19.1 Å². The molecule has 0 amide bonds. The van der Waals surface area contributed by atoms with Crippen molar-refractivity contribution in [2.75, 3.05) is 6.61 Å². The van der Waals surface area contributed by atoms with Crippen molar-refractivity contribution in [2.45, 2.75) is 45.1 Å². The molecule has 4 heteroatoms. The van der Waals surface area contributed by atoms with E-state index >= 15 is 0 Å². The number of cyclic esters (lactones) is 1. The number of esters is 2. The van der Waals surface area contributed by atoms with Gasteiger partial charge in [-0.1, -0.05) is 6.92 Å². The van der Waals surface area contributed by atoms with E-state index in [1.807, 2.05) is 6.92 Å². The lowest BCUT2D eigenvalue weighted by Crippen LogP contribution is -2.28. The molecule has 0 bridgehead atoms. The molecule has 4 nitrogen and oxygen atoms in total. The van der Waals surface area contributed by atoms with Gasteiger partial charge in [-0.2, -0.15) is 0 Å². The maximum atomic E-state index is 11.3. The molecule has 0 spiro atoms. The van der Waals surface area contributed by atoms with Gasteiger partial charge in [0.25, 0.3) is 0 Å². The Morgan fingerprint density at radius 2 is 2.36 bits per heavy atom. The zero-order valence-corrected chi connectivity index (χ0v) is 8.67. The van der Waals surface area contributed by atoms with Gasteiger partial charge in [0.2, 0.25) is 0 Å². The highest BCUT2D eigenvalue weighted by Crippen LogP contribution is 2.29. The molecule has 1 rings (SSSR count). The molecular formula is C10H16O4. The Hall–Kier alpha value is -1.06. The van der Waals surface area contributed by atoms with Gasteiger partial charge in [0.15, 0.2) is 0 Å². The Morgan fingerprint density at radius 1 is 1.64 bits per heavy atom. The average Bonchev–Trinajstić information content (AvgIpc) is 2.42. The first kappa shape index (κ1) is 11.0. The maximum absolute atomic E-state index is 11.3. The molecule has 0 saturated carbocycles. The fourth-order valence-electron chi connectivity index (χ4n) is 1.44. The van der Waals surface area contributed by atoms with Crippen molar-refractivity contribution in [3.8, 4) is 0 Å². The van der Waals surface area contributed by atoms with Crippen LogP contribution in [0.5, 0.6) is 0 Å². The van der Waals surface area contributed by atoms with Crippen molar-refractivity contribution >= 4 is 11.9 Å². The van der Waals surface area contributed by atoms with Crippen LogP contribution in [0.3, 0.4) is 0 Å². The van der Waals surface area contributed by atoms with Gasteiger partial charge in [0.1, 0.15) is 5.60 Å². The minimum atomic E-state index is -0.637. The smallest absolute Gasteiger partial charge is 0.309 e. The molecule has 0 aromatic rings. The highest BCUT2D eigenvalue weighted by Gasteiger charge is 2.38. The lowest BCUT2D eigenvalue weighted by atomic mass is 9.99. The maximum Gasteiger partial charge on any atom is 0.309 e. The van der Waals surface area contributed by atoms with Crippen molar-refractivity contribution in [3.05, 3.63) is 0 Å². The van der Waals surface area contributed by atoms with Gasteiger partial charge in [0, 0.05) is 6.42 Å². The molecule has 14 heavy (non-hydrogen) atoms. The molecule has 80 valence electrons. The molecule has 0 N–H and O–H groups in total. The molecule has 1 saturated heterocycles. The summed E-state index contributed by atoms with van der Waals surface area (Å²) in [7, 11) is 0. The van der Waals surface area contributed by atoms with E-state index in [-0.39, 0.29) is 18.4 Å². The number of hydrogen-bond acceptors (Lipinski definition) is 4. The van der Waals surface area contributed by atoms with E-state index in [9.17, 15) is 9.59 Å². The third-order valence-corrected chi connectivity index (χ3v) is 2.20. The molecule has 1 aliphatic rings. The minimum absolute atomic E-state index is 0.165. The van der Waals surface area contributed by atoms with E-state index in [0.29, 0.717) is 19.4 Å². The third kappa shape index (κ3) is 3.01. The predicted molar refractivity (Wildman–Crippen MR) is 49.6 cm³/mol. The van der Waals surface area contributed by atoms with Crippen LogP contribution in [0.25, 0.3) is 0 Å². The first-order valence-corrected chi connectivity index (χ1v) is 4.93. The monoisotopic (exact) mass is 200 g/mol. The molecule has 0 radical (unpaired) electrons. The number of carbonyl (C=O) groups excluding carboxylic acids is 2. The predicted octanol–water partition coefficient (Wildman–Crippen LogP) is 1.43. The van der Waals surface area contributed by atoms with Gasteiger partial charge in [-0.15, -0.1) is 0 Å². The molecule has 0 aromatic carbocycles. The van der Waals surface area contributed by atoms with E-state index in [1.54, 1.807) is 6.92 Å². The van der Waals surface area contributed by atoms with E-state index in [1.165, 1.54) is 0 Å². The zero-order chi connectivity index (χ0) is 10.6. The quantitative estimate of drug-likeness (QED) is 0.644. The topological polar surface area (TPSA) is 52.6 Å². The van der Waals surface area contributed by atoms with E-state index in [2.05, 4.69) is 0 Å². The van der Waals surface area contributed by atoms with E-state index in [0.717, 1.165) is 6.42 Å². The SMILES string of the molecule is CCCOC(=O)CC1(C)CCC(=O)O1. The fourth-order valence-corrected chi connectivity index (χ4v) is 1.44. The summed E-state index contributed by atoms with van der Waals surface area (Å²) in [4.78, 5) is 22.1. The summed E-state index contributed by atoms with van der Waals surface area (Å²) >= 11 is 0. The number of hydrogen-bond donors (Lipinski definition) is 0. The molecule has 0 aromatic heterocycles. The van der Waals surface area contributed by atoms with Crippen LogP contribution in [0.15, 0.2) is 0 Å². The van der Waals surface area contributed by atoms with Gasteiger partial charge in [0.05, 0.1) is 13.0 Å². The van der Waals surface area contributed by atoms with E-state index in [4.69, 9.17) is 9.47 Å². The second kappa shape index (κ2) is 4.44. The summed E-state index contributed by atoms with van der Waals surface area (Å²) in [6.45, 7) is 4.14. The Labute approximate surface area is 83.6 Å². The fraction of sp³-hybridized carbons (Fsp3) is 0.800. The van der Waals surface area contributed by atoms with Crippen molar-refractivity contribution in [1.29, 1.82) is 0 Å². The van der Waals surface area contributed by atoms with Gasteiger partial charge in [-0.3, -0.25) is 9.59 Å². The van der Waals surface area contributed by atoms with Gasteiger partial charge >= 0.3 is 11.9 Å². The highest BCUT2D eigenvalue weighted by atomic mass is 16.6. The van der Waals surface area contributed by atoms with Crippen LogP contribution in [0, 0.1) is 0 Å². The molecule has 0 aliphatic carbocycles. The standard InChI is InChI=1S/C10H16O4/c1-3-6-13-9(12)7-10(2)5-4-8(11)14-10/h3-7H2,1-2H3. The normalized spacial score (nSPS) is 26.0. The summed E-state index contributed by atoms with van der Waals surface area (Å²) < 4.78 is 9.98.